The summed E-state index contributed by atoms with van der Waals surface area (Å²) in [5.41, 5.74) is 0.185. The Bertz CT molecular complexity index is 500. The van der Waals surface area contributed by atoms with Crippen LogP contribution in [-0.4, -0.2) is 42.9 Å². The maximum atomic E-state index is 11.8. The first-order chi connectivity index (χ1) is 9.28. The zero-order chi connectivity index (χ0) is 15.2. The van der Waals surface area contributed by atoms with Crippen LogP contribution in [-0.2, 0) is 4.74 Å². The molecule has 0 aromatic heterocycles. The van der Waals surface area contributed by atoms with Gasteiger partial charge >= 0.3 is 6.09 Å². The number of benzene rings is 1. The highest BCUT2D eigenvalue weighted by molar-refractivity contribution is 6.07. The number of nitrogens with zero attached hydrogens (tertiary/aromatic N) is 3. The molecule has 0 atom stereocenters. The van der Waals surface area contributed by atoms with Gasteiger partial charge in [0.05, 0.1) is 6.34 Å². The van der Waals surface area contributed by atoms with E-state index in [0.717, 1.165) is 5.56 Å². The molecule has 1 aromatic carbocycles. The molecule has 0 heterocycles. The highest BCUT2D eigenvalue weighted by atomic mass is 16.6. The normalized spacial score (nSPS) is 12.6. The number of aliphatic imine (C=N–C) groups is 2. The van der Waals surface area contributed by atoms with E-state index in [1.807, 2.05) is 44.4 Å². The van der Waals surface area contributed by atoms with Crippen LogP contribution in [0.5, 0.6) is 0 Å². The molecular formula is C15H21N3O2. The zero-order valence-corrected chi connectivity index (χ0v) is 12.6. The van der Waals surface area contributed by atoms with Crippen LogP contribution in [0.3, 0.4) is 0 Å². The van der Waals surface area contributed by atoms with Crippen LogP contribution in [0.25, 0.3) is 0 Å². The van der Waals surface area contributed by atoms with Crippen LogP contribution in [0.15, 0.2) is 40.3 Å². The van der Waals surface area contributed by atoms with Gasteiger partial charge in [0.2, 0.25) is 0 Å². The predicted molar refractivity (Wildman–Crippen MR) is 81.4 cm³/mol. The summed E-state index contributed by atoms with van der Waals surface area (Å²) >= 11 is 0. The van der Waals surface area contributed by atoms with E-state index in [-0.39, 0.29) is 0 Å². The van der Waals surface area contributed by atoms with Crippen LogP contribution in [0.2, 0.25) is 0 Å². The summed E-state index contributed by atoms with van der Waals surface area (Å²) in [7, 11) is 3.69. The maximum Gasteiger partial charge on any atom is 0.436 e. The molecule has 0 fully saturated rings. The molecule has 108 valence electrons. The second-order valence-electron chi connectivity index (χ2n) is 5.49. The topological polar surface area (TPSA) is 54.3 Å². The van der Waals surface area contributed by atoms with Gasteiger partial charge in [0.1, 0.15) is 5.60 Å². The Kier molecular flexibility index (Phi) is 5.43. The summed E-state index contributed by atoms with van der Waals surface area (Å²) < 4.78 is 5.18. The zero-order valence-electron chi connectivity index (χ0n) is 12.6. The van der Waals surface area contributed by atoms with Gasteiger partial charge in [-0.25, -0.2) is 9.79 Å². The molecule has 1 amide bonds. The van der Waals surface area contributed by atoms with Gasteiger partial charge in [-0.05, 0) is 20.8 Å². The molecule has 20 heavy (non-hydrogen) atoms. The van der Waals surface area contributed by atoms with Crippen molar-refractivity contribution in [2.24, 2.45) is 9.98 Å². The fourth-order valence-electron chi connectivity index (χ4n) is 1.30. The van der Waals surface area contributed by atoms with Gasteiger partial charge in [-0.3, -0.25) is 0 Å². The van der Waals surface area contributed by atoms with Crippen molar-refractivity contribution in [1.29, 1.82) is 0 Å². The first-order valence-electron chi connectivity index (χ1n) is 6.35. The van der Waals surface area contributed by atoms with Gasteiger partial charge in [-0.2, -0.15) is 4.99 Å². The molecule has 0 saturated carbocycles. The third-order valence-electron chi connectivity index (χ3n) is 2.03. The molecular weight excluding hydrogens is 254 g/mol. The van der Waals surface area contributed by atoms with E-state index in [4.69, 9.17) is 4.74 Å². The fourth-order valence-corrected chi connectivity index (χ4v) is 1.30. The number of rotatable bonds is 2. The molecule has 1 aromatic rings. The van der Waals surface area contributed by atoms with Crippen molar-refractivity contribution < 1.29 is 9.53 Å². The minimum Gasteiger partial charge on any atom is -0.442 e. The van der Waals surface area contributed by atoms with E-state index >= 15 is 0 Å². The van der Waals surface area contributed by atoms with Crippen molar-refractivity contribution in [3.63, 3.8) is 0 Å². The van der Waals surface area contributed by atoms with Crippen molar-refractivity contribution in [1.82, 2.24) is 4.90 Å². The van der Waals surface area contributed by atoms with Gasteiger partial charge in [-0.15, -0.1) is 0 Å². The largest absolute Gasteiger partial charge is 0.442 e. The molecule has 5 nitrogen and oxygen atoms in total. The quantitative estimate of drug-likeness (QED) is 0.616. The SMILES string of the molecule is CN(C)C=N/C(=N/C(=O)OC(C)(C)C)c1ccccc1. The van der Waals surface area contributed by atoms with E-state index in [0.29, 0.717) is 5.84 Å². The second-order valence-corrected chi connectivity index (χ2v) is 5.49. The summed E-state index contributed by atoms with van der Waals surface area (Å²) in [5, 5.41) is 0. The summed E-state index contributed by atoms with van der Waals surface area (Å²) in [6, 6.07) is 9.31. The first kappa shape index (κ1) is 15.9. The molecule has 0 aliphatic rings. The van der Waals surface area contributed by atoms with E-state index in [1.165, 1.54) is 0 Å². The van der Waals surface area contributed by atoms with Crippen LogP contribution in [0.4, 0.5) is 4.79 Å². The lowest BCUT2D eigenvalue weighted by Gasteiger charge is -2.17. The van der Waals surface area contributed by atoms with E-state index in [9.17, 15) is 4.79 Å². The lowest BCUT2D eigenvalue weighted by molar-refractivity contribution is 0.0604. The summed E-state index contributed by atoms with van der Waals surface area (Å²) in [6.07, 6.45) is 0.947. The minimum atomic E-state index is -0.646. The Morgan fingerprint density at radius 3 is 2.30 bits per heavy atom. The molecule has 0 unspecified atom stereocenters. The minimum absolute atomic E-state index is 0.327. The average molecular weight is 275 g/mol. The number of ether oxygens (including phenoxy) is 1. The van der Waals surface area contributed by atoms with E-state index in [1.54, 1.807) is 32.0 Å². The van der Waals surface area contributed by atoms with E-state index < -0.39 is 11.7 Å². The Morgan fingerprint density at radius 1 is 1.20 bits per heavy atom. The van der Waals surface area contributed by atoms with Crippen molar-refractivity contribution in [2.45, 2.75) is 26.4 Å². The molecule has 0 aliphatic carbocycles. The van der Waals surface area contributed by atoms with Gasteiger partial charge in [0.15, 0.2) is 5.84 Å². The van der Waals surface area contributed by atoms with Crippen molar-refractivity contribution in [3.8, 4) is 0 Å². The number of amidine groups is 1. The Morgan fingerprint density at radius 2 is 1.80 bits per heavy atom. The van der Waals surface area contributed by atoms with Crippen LogP contribution >= 0.6 is 0 Å². The van der Waals surface area contributed by atoms with Crippen LogP contribution < -0.4 is 0 Å². The second kappa shape index (κ2) is 6.84. The molecule has 0 aliphatic heterocycles. The van der Waals surface area contributed by atoms with Crippen molar-refractivity contribution in [2.75, 3.05) is 14.1 Å². The Hall–Kier alpha value is -2.17. The third kappa shape index (κ3) is 6.13. The number of carbonyl (C=O) groups excluding carboxylic acids is 1. The number of amides is 1. The lowest BCUT2D eigenvalue weighted by Crippen LogP contribution is -2.22. The maximum absolute atomic E-state index is 11.8. The molecule has 0 bridgehead atoms. The third-order valence-corrected chi connectivity index (χ3v) is 2.03. The first-order valence-corrected chi connectivity index (χ1v) is 6.35. The molecule has 0 spiro atoms. The van der Waals surface area contributed by atoms with Gasteiger partial charge in [-0.1, -0.05) is 30.3 Å². The van der Waals surface area contributed by atoms with Crippen LogP contribution in [0.1, 0.15) is 26.3 Å². The van der Waals surface area contributed by atoms with Gasteiger partial charge in [0, 0.05) is 19.7 Å². The highest BCUT2D eigenvalue weighted by Crippen LogP contribution is 2.10. The number of hydrogen-bond donors (Lipinski definition) is 0. The summed E-state index contributed by atoms with van der Waals surface area (Å²) in [5.74, 6) is 0.327. The van der Waals surface area contributed by atoms with Gasteiger partial charge < -0.3 is 9.64 Å². The van der Waals surface area contributed by atoms with Crippen LogP contribution in [0, 0.1) is 0 Å². The summed E-state index contributed by atoms with van der Waals surface area (Å²) in [4.78, 5) is 21.7. The fraction of sp³-hybridized carbons (Fsp3) is 0.400. The lowest BCUT2D eigenvalue weighted by atomic mass is 10.2. The standard InChI is InChI=1S/C15H21N3O2/c1-15(2,3)20-14(19)17-13(16-11-18(4)5)12-9-7-6-8-10-12/h6-11H,1-5H3/b16-11?,17-13+. The Balaban J connectivity index is 3.02. The smallest absolute Gasteiger partial charge is 0.436 e. The number of carbonyl (C=O) groups is 1. The molecule has 0 radical (unpaired) electrons. The molecule has 5 heteroatoms. The average Bonchev–Trinajstić information content (AvgIpc) is 2.33. The number of hydrogen-bond acceptors (Lipinski definition) is 2. The predicted octanol–water partition coefficient (Wildman–Crippen LogP) is 2.96. The summed E-state index contributed by atoms with van der Waals surface area (Å²) in [6.45, 7) is 5.39. The molecule has 0 N–H and O–H groups in total. The van der Waals surface area contributed by atoms with Gasteiger partial charge in [0.25, 0.3) is 0 Å². The molecule has 0 saturated heterocycles. The van der Waals surface area contributed by atoms with Crippen molar-refractivity contribution in [3.05, 3.63) is 35.9 Å². The van der Waals surface area contributed by atoms with Crippen molar-refractivity contribution >= 4 is 18.3 Å². The highest BCUT2D eigenvalue weighted by Gasteiger charge is 2.16. The monoisotopic (exact) mass is 275 g/mol. The molecule has 1 rings (SSSR count). The Labute approximate surface area is 120 Å². The van der Waals surface area contributed by atoms with E-state index in [2.05, 4.69) is 9.98 Å².